The number of thiazole rings is 1. The molecule has 5 heteroatoms. The summed E-state index contributed by atoms with van der Waals surface area (Å²) in [7, 11) is 0. The van der Waals surface area contributed by atoms with Crippen molar-refractivity contribution in [1.29, 1.82) is 5.26 Å². The molecule has 1 unspecified atom stereocenters. The van der Waals surface area contributed by atoms with Crippen LogP contribution in [0.4, 0.5) is 5.69 Å². The van der Waals surface area contributed by atoms with Gasteiger partial charge in [0.05, 0.1) is 17.7 Å². The molecule has 0 aliphatic carbocycles. The fourth-order valence-corrected chi connectivity index (χ4v) is 2.90. The number of hydrogen-bond donors (Lipinski definition) is 1. The Morgan fingerprint density at radius 1 is 1.56 bits per heavy atom. The number of benzene rings is 1. The molecule has 0 saturated heterocycles. The van der Waals surface area contributed by atoms with Crippen molar-refractivity contribution >= 4 is 33.0 Å². The van der Waals surface area contributed by atoms with Crippen LogP contribution < -0.4 is 5.32 Å². The zero-order chi connectivity index (χ0) is 13.0. The van der Waals surface area contributed by atoms with Crippen LogP contribution in [0, 0.1) is 11.3 Å². The highest BCUT2D eigenvalue weighted by atomic mass is 79.9. The van der Waals surface area contributed by atoms with Crippen LogP contribution in [-0.2, 0) is 0 Å². The summed E-state index contributed by atoms with van der Waals surface area (Å²) >= 11 is 5.13. The lowest BCUT2D eigenvalue weighted by Gasteiger charge is -2.17. The third-order valence-corrected chi connectivity index (χ3v) is 4.13. The van der Waals surface area contributed by atoms with Crippen LogP contribution in [0.3, 0.4) is 0 Å². The zero-order valence-electron chi connectivity index (χ0n) is 9.85. The molecular weight excluding hydrogens is 310 g/mol. The average molecular weight is 322 g/mol. The third-order valence-electron chi connectivity index (χ3n) is 2.59. The SMILES string of the molecule is CCC(Nc1ccc(C#N)cc1Br)c1nccs1. The van der Waals surface area contributed by atoms with Gasteiger partial charge in [0.15, 0.2) is 0 Å². The van der Waals surface area contributed by atoms with Crippen molar-refractivity contribution in [1.82, 2.24) is 4.98 Å². The molecule has 0 bridgehead atoms. The zero-order valence-corrected chi connectivity index (χ0v) is 12.3. The van der Waals surface area contributed by atoms with Crippen LogP contribution in [0.15, 0.2) is 34.2 Å². The van der Waals surface area contributed by atoms with Crippen LogP contribution in [0.2, 0.25) is 0 Å². The van der Waals surface area contributed by atoms with E-state index in [1.165, 1.54) is 0 Å². The molecule has 2 rings (SSSR count). The minimum Gasteiger partial charge on any atom is -0.375 e. The van der Waals surface area contributed by atoms with Gasteiger partial charge in [0, 0.05) is 21.7 Å². The van der Waals surface area contributed by atoms with Crippen molar-refractivity contribution < 1.29 is 0 Å². The molecule has 0 aliphatic rings. The Bertz CT molecular complexity index is 560. The summed E-state index contributed by atoms with van der Waals surface area (Å²) in [6.45, 7) is 2.12. The third kappa shape index (κ3) is 2.89. The first kappa shape index (κ1) is 13.1. The Labute approximate surface area is 119 Å². The molecule has 2 aromatic rings. The van der Waals surface area contributed by atoms with E-state index < -0.39 is 0 Å². The topological polar surface area (TPSA) is 48.7 Å². The lowest BCUT2D eigenvalue weighted by molar-refractivity contribution is 0.741. The first-order valence-electron chi connectivity index (χ1n) is 5.60. The summed E-state index contributed by atoms with van der Waals surface area (Å²) in [6, 6.07) is 7.86. The number of aromatic nitrogens is 1. The summed E-state index contributed by atoms with van der Waals surface area (Å²) in [5.74, 6) is 0. The summed E-state index contributed by atoms with van der Waals surface area (Å²) in [5.41, 5.74) is 1.63. The van der Waals surface area contributed by atoms with E-state index in [-0.39, 0.29) is 6.04 Å². The molecule has 92 valence electrons. The van der Waals surface area contributed by atoms with Crippen LogP contribution >= 0.6 is 27.3 Å². The van der Waals surface area contributed by atoms with Gasteiger partial charge in [-0.05, 0) is 40.5 Å². The maximum atomic E-state index is 8.83. The Morgan fingerprint density at radius 3 is 2.94 bits per heavy atom. The highest BCUT2D eigenvalue weighted by Crippen LogP contribution is 2.29. The standard InChI is InChI=1S/C13H12BrN3S/c1-2-11(13-16-5-6-18-13)17-12-4-3-9(8-15)7-10(12)14/h3-7,11,17H,2H2,1H3. The van der Waals surface area contributed by atoms with E-state index in [2.05, 4.69) is 39.2 Å². The lowest BCUT2D eigenvalue weighted by Crippen LogP contribution is -2.09. The molecular formula is C13H12BrN3S. The van der Waals surface area contributed by atoms with Gasteiger partial charge in [0.2, 0.25) is 0 Å². The van der Waals surface area contributed by atoms with Crippen molar-refractivity contribution in [3.8, 4) is 6.07 Å². The highest BCUT2D eigenvalue weighted by molar-refractivity contribution is 9.10. The predicted octanol–water partition coefficient (Wildman–Crippen LogP) is 4.34. The maximum Gasteiger partial charge on any atom is 0.115 e. The molecule has 18 heavy (non-hydrogen) atoms. The maximum absolute atomic E-state index is 8.83. The normalized spacial score (nSPS) is 11.8. The van der Waals surface area contributed by atoms with E-state index >= 15 is 0 Å². The minimum absolute atomic E-state index is 0.203. The largest absolute Gasteiger partial charge is 0.375 e. The van der Waals surface area contributed by atoms with Gasteiger partial charge in [-0.2, -0.15) is 5.26 Å². The van der Waals surface area contributed by atoms with E-state index in [1.807, 2.05) is 29.8 Å². The van der Waals surface area contributed by atoms with Gasteiger partial charge in [-0.3, -0.25) is 0 Å². The molecule has 0 spiro atoms. The van der Waals surface area contributed by atoms with Crippen molar-refractivity contribution in [2.45, 2.75) is 19.4 Å². The first-order valence-corrected chi connectivity index (χ1v) is 7.27. The molecule has 0 amide bonds. The number of nitrogens with zero attached hydrogens (tertiary/aromatic N) is 2. The summed E-state index contributed by atoms with van der Waals surface area (Å²) in [5, 5.41) is 15.3. The van der Waals surface area contributed by atoms with E-state index in [9.17, 15) is 0 Å². The minimum atomic E-state index is 0.203. The number of nitrogens with one attached hydrogen (secondary N) is 1. The number of halogens is 1. The number of nitriles is 1. The number of hydrogen-bond acceptors (Lipinski definition) is 4. The quantitative estimate of drug-likeness (QED) is 0.911. The van der Waals surface area contributed by atoms with Crippen LogP contribution in [-0.4, -0.2) is 4.98 Å². The Morgan fingerprint density at radius 2 is 2.39 bits per heavy atom. The van der Waals surface area contributed by atoms with Gasteiger partial charge < -0.3 is 5.32 Å². The number of rotatable bonds is 4. The fraction of sp³-hybridized carbons (Fsp3) is 0.231. The molecule has 1 N–H and O–H groups in total. The molecule has 0 aliphatic heterocycles. The van der Waals surface area contributed by atoms with Crippen LogP contribution in [0.1, 0.15) is 30.0 Å². The van der Waals surface area contributed by atoms with E-state index in [1.54, 1.807) is 11.3 Å². The Balaban J connectivity index is 2.20. The van der Waals surface area contributed by atoms with E-state index in [0.29, 0.717) is 5.56 Å². The van der Waals surface area contributed by atoms with Gasteiger partial charge in [-0.25, -0.2) is 4.98 Å². The Kier molecular flexibility index (Phi) is 4.34. The van der Waals surface area contributed by atoms with Crippen LogP contribution in [0.25, 0.3) is 0 Å². The highest BCUT2D eigenvalue weighted by Gasteiger charge is 2.13. The molecule has 1 heterocycles. The summed E-state index contributed by atoms with van der Waals surface area (Å²) in [6.07, 6.45) is 2.78. The smallest absolute Gasteiger partial charge is 0.115 e. The van der Waals surface area contributed by atoms with Crippen molar-refractivity contribution in [3.63, 3.8) is 0 Å². The fourth-order valence-electron chi connectivity index (χ4n) is 1.63. The van der Waals surface area contributed by atoms with Crippen molar-refractivity contribution in [2.75, 3.05) is 5.32 Å². The van der Waals surface area contributed by atoms with E-state index in [0.717, 1.165) is 21.6 Å². The van der Waals surface area contributed by atoms with Gasteiger partial charge >= 0.3 is 0 Å². The second-order valence-electron chi connectivity index (χ2n) is 3.78. The summed E-state index contributed by atoms with van der Waals surface area (Å²) in [4.78, 5) is 4.34. The molecule has 1 aromatic heterocycles. The van der Waals surface area contributed by atoms with Gasteiger partial charge in [0.1, 0.15) is 5.01 Å². The number of anilines is 1. The second kappa shape index (κ2) is 5.98. The predicted molar refractivity (Wildman–Crippen MR) is 77.6 cm³/mol. The van der Waals surface area contributed by atoms with Crippen molar-refractivity contribution in [3.05, 3.63) is 44.8 Å². The molecule has 1 atom stereocenters. The summed E-state index contributed by atoms with van der Waals surface area (Å²) < 4.78 is 0.900. The van der Waals surface area contributed by atoms with Gasteiger partial charge in [-0.1, -0.05) is 6.92 Å². The van der Waals surface area contributed by atoms with Gasteiger partial charge in [-0.15, -0.1) is 11.3 Å². The monoisotopic (exact) mass is 321 g/mol. The van der Waals surface area contributed by atoms with Crippen LogP contribution in [0.5, 0.6) is 0 Å². The first-order chi connectivity index (χ1) is 8.74. The molecule has 3 nitrogen and oxygen atoms in total. The van der Waals surface area contributed by atoms with Gasteiger partial charge in [0.25, 0.3) is 0 Å². The van der Waals surface area contributed by atoms with Crippen molar-refractivity contribution in [2.24, 2.45) is 0 Å². The molecule has 1 aromatic carbocycles. The molecule has 0 saturated carbocycles. The second-order valence-corrected chi connectivity index (χ2v) is 5.56. The molecule has 0 fully saturated rings. The molecule has 0 radical (unpaired) electrons. The Hall–Kier alpha value is -1.38. The van der Waals surface area contributed by atoms with E-state index in [4.69, 9.17) is 5.26 Å². The lowest BCUT2D eigenvalue weighted by atomic mass is 10.2. The average Bonchev–Trinajstić information content (AvgIpc) is 2.91.